The highest BCUT2D eigenvalue weighted by Crippen LogP contribution is 2.24. The van der Waals surface area contributed by atoms with Gasteiger partial charge < -0.3 is 10.1 Å². The third kappa shape index (κ3) is 3.97. The summed E-state index contributed by atoms with van der Waals surface area (Å²) in [4.78, 5) is 12.6. The number of rotatable bonds is 6. The lowest BCUT2D eigenvalue weighted by Gasteiger charge is -2.19. The van der Waals surface area contributed by atoms with E-state index < -0.39 is 6.10 Å². The zero-order valence-corrected chi connectivity index (χ0v) is 15.3. The molecular weight excluding hydrogens is 298 g/mol. The monoisotopic (exact) mass is 325 g/mol. The Balaban J connectivity index is 2.16. The molecule has 128 valence electrons. The van der Waals surface area contributed by atoms with Gasteiger partial charge in [-0.15, -0.1) is 0 Å². The fraction of sp³-hybridized carbons (Fsp3) is 0.381. The highest BCUT2D eigenvalue weighted by Gasteiger charge is 2.18. The largest absolute Gasteiger partial charge is 0.481 e. The molecule has 0 saturated carbocycles. The summed E-state index contributed by atoms with van der Waals surface area (Å²) in [6.45, 7) is 10.0. The van der Waals surface area contributed by atoms with E-state index in [9.17, 15) is 4.79 Å². The topological polar surface area (TPSA) is 38.3 Å². The van der Waals surface area contributed by atoms with Crippen molar-refractivity contribution in [2.24, 2.45) is 0 Å². The molecule has 0 aromatic heterocycles. The Morgan fingerprint density at radius 1 is 1.04 bits per heavy atom. The maximum atomic E-state index is 12.6. The van der Waals surface area contributed by atoms with Gasteiger partial charge >= 0.3 is 0 Å². The Kier molecular flexibility index (Phi) is 6.02. The number of ether oxygens (including phenoxy) is 1. The molecule has 1 amide bonds. The number of aryl methyl sites for hydroxylation is 3. The zero-order valence-electron chi connectivity index (χ0n) is 15.3. The minimum Gasteiger partial charge on any atom is -0.481 e. The van der Waals surface area contributed by atoms with Gasteiger partial charge in [0.05, 0.1) is 0 Å². The van der Waals surface area contributed by atoms with Crippen molar-refractivity contribution in [3.63, 3.8) is 0 Å². The van der Waals surface area contributed by atoms with Crippen molar-refractivity contribution < 1.29 is 9.53 Å². The quantitative estimate of drug-likeness (QED) is 0.826. The third-order valence-corrected chi connectivity index (χ3v) is 4.47. The second-order valence-corrected chi connectivity index (χ2v) is 6.11. The number of hydrogen-bond acceptors (Lipinski definition) is 2. The van der Waals surface area contributed by atoms with Gasteiger partial charge in [-0.2, -0.15) is 0 Å². The van der Waals surface area contributed by atoms with Gasteiger partial charge in [-0.25, -0.2) is 0 Å². The second kappa shape index (κ2) is 8.00. The lowest BCUT2D eigenvalue weighted by Crippen LogP contribution is -2.31. The van der Waals surface area contributed by atoms with E-state index in [0.717, 1.165) is 46.5 Å². The Labute approximate surface area is 145 Å². The Bertz CT molecular complexity index is 700. The number of hydrogen-bond donors (Lipinski definition) is 1. The predicted octanol–water partition coefficient (Wildman–Crippen LogP) is 4.83. The lowest BCUT2D eigenvalue weighted by molar-refractivity contribution is -0.122. The molecule has 0 radical (unpaired) electrons. The molecule has 2 rings (SSSR count). The van der Waals surface area contributed by atoms with E-state index in [4.69, 9.17) is 4.74 Å². The summed E-state index contributed by atoms with van der Waals surface area (Å²) in [6.07, 6.45) is 1.21. The molecule has 1 N–H and O–H groups in total. The smallest absolute Gasteiger partial charge is 0.265 e. The molecule has 0 aliphatic rings. The Hall–Kier alpha value is -2.29. The average molecular weight is 325 g/mol. The van der Waals surface area contributed by atoms with Crippen LogP contribution in [0.1, 0.15) is 43.0 Å². The number of para-hydroxylation sites is 1. The van der Waals surface area contributed by atoms with Crippen LogP contribution in [-0.2, 0) is 17.6 Å². The summed E-state index contributed by atoms with van der Waals surface area (Å²) in [5.74, 6) is 0.642. The number of carbonyl (C=O) groups is 1. The number of nitrogens with one attached hydrogen (secondary N) is 1. The van der Waals surface area contributed by atoms with Crippen LogP contribution in [0.4, 0.5) is 5.69 Å². The maximum Gasteiger partial charge on any atom is 0.265 e. The van der Waals surface area contributed by atoms with E-state index in [0.29, 0.717) is 0 Å². The van der Waals surface area contributed by atoms with Crippen LogP contribution in [0.15, 0.2) is 36.4 Å². The van der Waals surface area contributed by atoms with Gasteiger partial charge in [0, 0.05) is 5.69 Å². The molecule has 0 heterocycles. The van der Waals surface area contributed by atoms with Gasteiger partial charge in [-0.1, -0.05) is 44.2 Å². The van der Waals surface area contributed by atoms with Gasteiger partial charge in [-0.3, -0.25) is 4.79 Å². The molecule has 0 saturated heterocycles. The molecule has 0 unspecified atom stereocenters. The van der Waals surface area contributed by atoms with Crippen LogP contribution < -0.4 is 10.1 Å². The molecule has 3 nitrogen and oxygen atoms in total. The van der Waals surface area contributed by atoms with Gasteiger partial charge in [0.1, 0.15) is 5.75 Å². The van der Waals surface area contributed by atoms with Crippen molar-refractivity contribution >= 4 is 11.6 Å². The van der Waals surface area contributed by atoms with Crippen molar-refractivity contribution in [1.82, 2.24) is 0 Å². The van der Waals surface area contributed by atoms with Gasteiger partial charge in [-0.05, 0) is 61.9 Å². The summed E-state index contributed by atoms with van der Waals surface area (Å²) in [7, 11) is 0. The number of amides is 1. The summed E-state index contributed by atoms with van der Waals surface area (Å²) in [5, 5.41) is 3.07. The predicted molar refractivity (Wildman–Crippen MR) is 99.8 cm³/mol. The molecule has 0 spiro atoms. The van der Waals surface area contributed by atoms with E-state index in [2.05, 4.69) is 31.3 Å². The zero-order chi connectivity index (χ0) is 17.7. The van der Waals surface area contributed by atoms with Crippen molar-refractivity contribution in [2.75, 3.05) is 5.32 Å². The minimum atomic E-state index is -0.555. The van der Waals surface area contributed by atoms with Crippen LogP contribution in [0.2, 0.25) is 0 Å². The van der Waals surface area contributed by atoms with Crippen LogP contribution in [0.25, 0.3) is 0 Å². The molecule has 0 bridgehead atoms. The van der Waals surface area contributed by atoms with Gasteiger partial charge in [0.15, 0.2) is 6.10 Å². The SMILES string of the molecule is CCc1cccc(CC)c1NC(=O)[C@@H](C)Oc1cccc(C)c1C. The average Bonchev–Trinajstić information content (AvgIpc) is 2.58. The van der Waals surface area contributed by atoms with Gasteiger partial charge in [0.2, 0.25) is 0 Å². The maximum absolute atomic E-state index is 12.6. The van der Waals surface area contributed by atoms with Gasteiger partial charge in [0.25, 0.3) is 5.91 Å². The molecule has 24 heavy (non-hydrogen) atoms. The molecule has 3 heteroatoms. The number of benzene rings is 2. The van der Waals surface area contributed by atoms with Crippen LogP contribution in [0, 0.1) is 13.8 Å². The van der Waals surface area contributed by atoms with Crippen molar-refractivity contribution in [2.45, 2.75) is 53.6 Å². The first-order chi connectivity index (χ1) is 11.5. The fourth-order valence-electron chi connectivity index (χ4n) is 2.72. The van der Waals surface area contributed by atoms with E-state index in [-0.39, 0.29) is 5.91 Å². The lowest BCUT2D eigenvalue weighted by atomic mass is 10.0. The molecule has 2 aromatic carbocycles. The van der Waals surface area contributed by atoms with E-state index in [1.54, 1.807) is 6.92 Å². The van der Waals surface area contributed by atoms with Crippen LogP contribution in [0.5, 0.6) is 5.75 Å². The normalized spacial score (nSPS) is 11.9. The van der Waals surface area contributed by atoms with Crippen molar-refractivity contribution in [3.8, 4) is 5.75 Å². The standard InChI is InChI=1S/C21H27NO2/c1-6-17-11-9-12-18(7-2)20(17)22-21(23)16(5)24-19-13-8-10-14(3)15(19)4/h8-13,16H,6-7H2,1-5H3,(H,22,23)/t16-/m1/s1. The number of carbonyl (C=O) groups excluding carboxylic acids is 1. The van der Waals surface area contributed by atoms with E-state index in [1.807, 2.05) is 38.1 Å². The summed E-state index contributed by atoms with van der Waals surface area (Å²) < 4.78 is 5.89. The summed E-state index contributed by atoms with van der Waals surface area (Å²) >= 11 is 0. The fourth-order valence-corrected chi connectivity index (χ4v) is 2.72. The highest BCUT2D eigenvalue weighted by molar-refractivity contribution is 5.95. The molecular formula is C21H27NO2. The van der Waals surface area contributed by atoms with Crippen LogP contribution in [0.3, 0.4) is 0 Å². The summed E-state index contributed by atoms with van der Waals surface area (Å²) in [5.41, 5.74) is 5.47. The van der Waals surface area contributed by atoms with Crippen LogP contribution >= 0.6 is 0 Å². The first kappa shape index (κ1) is 18.1. The van der Waals surface area contributed by atoms with Crippen LogP contribution in [-0.4, -0.2) is 12.0 Å². The Morgan fingerprint density at radius 3 is 2.21 bits per heavy atom. The van der Waals surface area contributed by atoms with E-state index >= 15 is 0 Å². The Morgan fingerprint density at radius 2 is 1.62 bits per heavy atom. The van der Waals surface area contributed by atoms with Crippen molar-refractivity contribution in [3.05, 3.63) is 58.7 Å². The summed E-state index contributed by atoms with van der Waals surface area (Å²) in [6, 6.07) is 12.1. The molecule has 0 aliphatic carbocycles. The first-order valence-electron chi connectivity index (χ1n) is 8.62. The molecule has 1 atom stereocenters. The van der Waals surface area contributed by atoms with Crippen molar-refractivity contribution in [1.29, 1.82) is 0 Å². The number of anilines is 1. The molecule has 0 aliphatic heterocycles. The second-order valence-electron chi connectivity index (χ2n) is 6.11. The molecule has 2 aromatic rings. The molecule has 0 fully saturated rings. The third-order valence-electron chi connectivity index (χ3n) is 4.47. The first-order valence-corrected chi connectivity index (χ1v) is 8.62. The van der Waals surface area contributed by atoms with E-state index in [1.165, 1.54) is 0 Å². The minimum absolute atomic E-state index is 0.119. The highest BCUT2D eigenvalue weighted by atomic mass is 16.5.